The minimum Gasteiger partial charge on any atom is -0.289 e. The minimum atomic E-state index is -0.750. The van der Waals surface area contributed by atoms with Gasteiger partial charge >= 0.3 is 11.6 Å². The highest BCUT2D eigenvalue weighted by atomic mass is 32.1. The van der Waals surface area contributed by atoms with Gasteiger partial charge < -0.3 is 0 Å². The van der Waals surface area contributed by atoms with Crippen molar-refractivity contribution in [3.63, 3.8) is 0 Å². The van der Waals surface area contributed by atoms with Crippen LogP contribution in [0.4, 0.5) is 0 Å². The number of hydrogen-bond acceptors (Lipinski definition) is 4. The molecule has 2 aliphatic carbocycles. The average Bonchev–Trinajstić information content (AvgIpc) is 2.80. The van der Waals surface area contributed by atoms with E-state index in [1.165, 1.54) is 0 Å². The molecule has 0 fully saturated rings. The third-order valence-electron chi connectivity index (χ3n) is 5.23. The van der Waals surface area contributed by atoms with E-state index in [1.54, 1.807) is 12.2 Å². The molecule has 0 unspecified atom stereocenters. The fourth-order valence-corrected chi connectivity index (χ4v) is 3.94. The van der Waals surface area contributed by atoms with Crippen molar-refractivity contribution in [2.45, 2.75) is 0 Å². The van der Waals surface area contributed by atoms with Gasteiger partial charge in [0, 0.05) is 21.9 Å². The summed E-state index contributed by atoms with van der Waals surface area (Å²) < 4.78 is 16.6. The molecule has 0 saturated carbocycles. The standard InChI is InChI=1S/2C13H8O.O2S/c2*14-12-8-7-10-4-1-3-9-5-2-6-11(12)13(9)10;1-3-2/h2*1-8H;. The fourth-order valence-electron chi connectivity index (χ4n) is 3.94. The van der Waals surface area contributed by atoms with Gasteiger partial charge in [-0.1, -0.05) is 84.9 Å². The summed E-state index contributed by atoms with van der Waals surface area (Å²) in [4.78, 5) is 23.2. The second-order valence-corrected chi connectivity index (χ2v) is 7.10. The molecule has 0 spiro atoms. The molecule has 6 rings (SSSR count). The molecule has 0 saturated heterocycles. The predicted molar refractivity (Wildman–Crippen MR) is 124 cm³/mol. The molecule has 0 bridgehead atoms. The molecule has 4 nitrogen and oxygen atoms in total. The predicted octanol–water partition coefficient (Wildman–Crippen LogP) is 5.43. The Labute approximate surface area is 182 Å². The highest BCUT2D eigenvalue weighted by Gasteiger charge is 2.14. The summed E-state index contributed by atoms with van der Waals surface area (Å²) in [5, 5.41) is 4.44. The van der Waals surface area contributed by atoms with Crippen LogP contribution in [0.2, 0.25) is 0 Å². The van der Waals surface area contributed by atoms with Crippen molar-refractivity contribution in [1.29, 1.82) is 0 Å². The van der Waals surface area contributed by atoms with Gasteiger partial charge in [-0.15, -0.1) is 0 Å². The number of ketones is 2. The monoisotopic (exact) mass is 424 g/mol. The highest BCUT2D eigenvalue weighted by Crippen LogP contribution is 2.29. The van der Waals surface area contributed by atoms with Crippen molar-refractivity contribution in [1.82, 2.24) is 0 Å². The second-order valence-electron chi connectivity index (χ2n) is 6.97. The molecule has 0 N–H and O–H groups in total. The summed E-state index contributed by atoms with van der Waals surface area (Å²) in [6, 6.07) is 23.9. The quantitative estimate of drug-likeness (QED) is 0.378. The molecular weight excluding hydrogens is 408 g/mol. The Hall–Kier alpha value is -3.96. The molecule has 31 heavy (non-hydrogen) atoms. The van der Waals surface area contributed by atoms with Crippen LogP contribution in [0, 0.1) is 0 Å². The van der Waals surface area contributed by atoms with Crippen LogP contribution in [0.1, 0.15) is 31.8 Å². The number of benzene rings is 4. The Morgan fingerprint density at radius 2 is 0.839 bits per heavy atom. The van der Waals surface area contributed by atoms with E-state index in [4.69, 9.17) is 8.42 Å². The lowest BCUT2D eigenvalue weighted by molar-refractivity contribution is 0.104. The van der Waals surface area contributed by atoms with Crippen LogP contribution in [0.15, 0.2) is 84.9 Å². The number of carbonyl (C=O) groups excluding carboxylic acids is 2. The molecule has 0 heterocycles. The van der Waals surface area contributed by atoms with Gasteiger partial charge in [0.2, 0.25) is 0 Å². The molecule has 0 radical (unpaired) electrons. The number of rotatable bonds is 0. The minimum absolute atomic E-state index is 0.106. The lowest BCUT2D eigenvalue weighted by Gasteiger charge is -2.10. The Balaban J connectivity index is 0.000000133. The summed E-state index contributed by atoms with van der Waals surface area (Å²) in [6.45, 7) is 0. The molecular formula is C26H16O4S. The number of hydrogen-bond donors (Lipinski definition) is 0. The Bertz CT molecular complexity index is 1330. The number of carbonyl (C=O) groups is 2. The van der Waals surface area contributed by atoms with E-state index < -0.39 is 11.6 Å². The van der Waals surface area contributed by atoms with E-state index in [1.807, 2.05) is 84.9 Å². The molecule has 150 valence electrons. The molecule has 0 aromatic heterocycles. The zero-order valence-electron chi connectivity index (χ0n) is 16.3. The molecule has 0 atom stereocenters. The van der Waals surface area contributed by atoms with Gasteiger partial charge in [-0.05, 0) is 34.1 Å². The zero-order valence-corrected chi connectivity index (χ0v) is 17.1. The summed E-state index contributed by atoms with van der Waals surface area (Å²) >= 11 is -0.750. The summed E-state index contributed by atoms with van der Waals surface area (Å²) in [5.41, 5.74) is 3.91. The van der Waals surface area contributed by atoms with Crippen LogP contribution in [-0.4, -0.2) is 20.0 Å². The lowest BCUT2D eigenvalue weighted by Crippen LogP contribution is -2.00. The van der Waals surface area contributed by atoms with Crippen LogP contribution in [0.5, 0.6) is 0 Å². The summed E-state index contributed by atoms with van der Waals surface area (Å²) in [5.74, 6) is 0.212. The van der Waals surface area contributed by atoms with E-state index in [0.717, 1.165) is 43.8 Å². The van der Waals surface area contributed by atoms with Crippen molar-refractivity contribution in [3.05, 3.63) is 107 Å². The zero-order chi connectivity index (χ0) is 21.8. The van der Waals surface area contributed by atoms with Gasteiger partial charge in [0.15, 0.2) is 11.6 Å². The Morgan fingerprint density at radius 1 is 0.484 bits per heavy atom. The Kier molecular flexibility index (Phi) is 5.78. The van der Waals surface area contributed by atoms with Crippen LogP contribution in [0.25, 0.3) is 33.7 Å². The van der Waals surface area contributed by atoms with Crippen molar-refractivity contribution >= 4 is 56.8 Å². The van der Waals surface area contributed by atoms with Crippen molar-refractivity contribution in [2.75, 3.05) is 0 Å². The first kappa shape index (κ1) is 20.3. The molecule has 4 aromatic carbocycles. The normalized spacial score (nSPS) is 12.6. The SMILES string of the molecule is O=C1C=Cc2cccc3cccc1c23.O=C1C=Cc2cccc3cccc1c23.O=S=O. The largest absolute Gasteiger partial charge is 0.335 e. The first-order valence-electron chi connectivity index (χ1n) is 9.54. The van der Waals surface area contributed by atoms with E-state index in [-0.39, 0.29) is 11.6 Å². The van der Waals surface area contributed by atoms with Gasteiger partial charge in [0.25, 0.3) is 0 Å². The van der Waals surface area contributed by atoms with Crippen molar-refractivity contribution in [3.8, 4) is 0 Å². The molecule has 0 aliphatic heterocycles. The van der Waals surface area contributed by atoms with Gasteiger partial charge in [0.1, 0.15) is 0 Å². The van der Waals surface area contributed by atoms with Crippen LogP contribution >= 0.6 is 0 Å². The van der Waals surface area contributed by atoms with E-state index in [2.05, 4.69) is 0 Å². The van der Waals surface area contributed by atoms with Gasteiger partial charge in [-0.2, -0.15) is 8.42 Å². The smallest absolute Gasteiger partial charge is 0.289 e. The molecule has 5 heteroatoms. The third-order valence-corrected chi connectivity index (χ3v) is 5.23. The van der Waals surface area contributed by atoms with Crippen molar-refractivity contribution < 1.29 is 18.0 Å². The molecule has 0 amide bonds. The molecule has 2 aliphatic rings. The molecule has 4 aromatic rings. The third kappa shape index (κ3) is 3.91. The number of allylic oxidation sites excluding steroid dienone is 2. The fraction of sp³-hybridized carbons (Fsp3) is 0. The average molecular weight is 424 g/mol. The van der Waals surface area contributed by atoms with Gasteiger partial charge in [-0.25, -0.2) is 0 Å². The van der Waals surface area contributed by atoms with Gasteiger partial charge in [-0.3, -0.25) is 9.59 Å². The second kappa shape index (κ2) is 8.81. The lowest BCUT2D eigenvalue weighted by atomic mass is 9.92. The van der Waals surface area contributed by atoms with Crippen LogP contribution < -0.4 is 0 Å². The van der Waals surface area contributed by atoms with Gasteiger partial charge in [0.05, 0.1) is 0 Å². The highest BCUT2D eigenvalue weighted by molar-refractivity contribution is 7.51. The van der Waals surface area contributed by atoms with Crippen LogP contribution in [-0.2, 0) is 11.6 Å². The summed E-state index contributed by atoms with van der Waals surface area (Å²) in [7, 11) is 0. The summed E-state index contributed by atoms with van der Waals surface area (Å²) in [6.07, 6.45) is 7.05. The maximum Gasteiger partial charge on any atom is 0.335 e. The van der Waals surface area contributed by atoms with E-state index in [0.29, 0.717) is 0 Å². The Morgan fingerprint density at radius 3 is 1.23 bits per heavy atom. The first-order valence-corrected chi connectivity index (χ1v) is 10.2. The maximum atomic E-state index is 11.6. The maximum absolute atomic E-state index is 11.6. The first-order chi connectivity index (χ1) is 15.1. The topological polar surface area (TPSA) is 68.3 Å². The van der Waals surface area contributed by atoms with Crippen LogP contribution in [0.3, 0.4) is 0 Å². The van der Waals surface area contributed by atoms with E-state index >= 15 is 0 Å². The van der Waals surface area contributed by atoms with E-state index in [9.17, 15) is 9.59 Å². The van der Waals surface area contributed by atoms with Crippen molar-refractivity contribution in [2.24, 2.45) is 0 Å².